The van der Waals surface area contributed by atoms with Gasteiger partial charge in [0.15, 0.2) is 0 Å². The number of hydrazine groups is 1. The molecule has 0 aromatic heterocycles. The normalized spacial score (nSPS) is 21.5. The molecule has 0 radical (unpaired) electrons. The zero-order valence-corrected chi connectivity index (χ0v) is 16.3. The van der Waals surface area contributed by atoms with Gasteiger partial charge in [0.2, 0.25) is 0 Å². The van der Waals surface area contributed by atoms with Gasteiger partial charge in [-0.1, -0.05) is 54.6 Å². The van der Waals surface area contributed by atoms with Gasteiger partial charge in [-0.3, -0.25) is 9.59 Å². The van der Waals surface area contributed by atoms with Gasteiger partial charge in [-0.15, -0.1) is 0 Å². The fourth-order valence-corrected chi connectivity index (χ4v) is 3.76. The smallest absolute Gasteiger partial charge is 0.342 e. The minimum Gasteiger partial charge on any atom is -0.467 e. The number of esters is 2. The molecule has 8 nitrogen and oxygen atoms in total. The Kier molecular flexibility index (Phi) is 4.71. The van der Waals surface area contributed by atoms with Gasteiger partial charge in [-0.25, -0.2) is 9.59 Å². The highest BCUT2D eigenvalue weighted by Gasteiger charge is 2.79. The molecule has 2 heterocycles. The molecule has 0 aliphatic carbocycles. The van der Waals surface area contributed by atoms with Crippen LogP contribution in [-0.2, 0) is 19.1 Å². The Morgan fingerprint density at radius 1 is 0.867 bits per heavy atom. The largest absolute Gasteiger partial charge is 0.467 e. The van der Waals surface area contributed by atoms with Crippen LogP contribution in [0.5, 0.6) is 0 Å². The molecular formula is C22H18N2O6. The number of methoxy groups -OCH3 is 2. The number of benzene rings is 2. The molecule has 1 saturated heterocycles. The summed E-state index contributed by atoms with van der Waals surface area (Å²) in [6, 6.07) is 14.6. The second-order valence-corrected chi connectivity index (χ2v) is 6.78. The van der Waals surface area contributed by atoms with Crippen LogP contribution in [0.4, 0.5) is 0 Å². The van der Waals surface area contributed by atoms with Gasteiger partial charge in [0, 0.05) is 0 Å². The van der Waals surface area contributed by atoms with E-state index in [1.54, 1.807) is 24.3 Å². The van der Waals surface area contributed by atoms with Crippen LogP contribution in [0.25, 0.3) is 6.08 Å². The molecule has 8 heteroatoms. The topological polar surface area (TPSA) is 93.0 Å². The number of nitrogens with zero attached hydrogens (tertiary/aromatic N) is 2. The van der Waals surface area contributed by atoms with Crippen LogP contribution in [0.1, 0.15) is 26.3 Å². The summed E-state index contributed by atoms with van der Waals surface area (Å²) < 4.78 is 9.71. The summed E-state index contributed by atoms with van der Waals surface area (Å²) in [6.07, 6.45) is 3.27. The van der Waals surface area contributed by atoms with Crippen molar-refractivity contribution in [2.24, 2.45) is 0 Å². The molecule has 152 valence electrons. The third kappa shape index (κ3) is 2.65. The van der Waals surface area contributed by atoms with Gasteiger partial charge in [-0.2, -0.15) is 10.0 Å². The van der Waals surface area contributed by atoms with Gasteiger partial charge in [0.05, 0.1) is 31.4 Å². The molecular weight excluding hydrogens is 388 g/mol. The van der Waals surface area contributed by atoms with Crippen molar-refractivity contribution in [2.75, 3.05) is 14.2 Å². The van der Waals surface area contributed by atoms with E-state index in [4.69, 9.17) is 9.47 Å². The second kappa shape index (κ2) is 7.23. The average molecular weight is 406 g/mol. The van der Waals surface area contributed by atoms with Crippen molar-refractivity contribution in [1.82, 2.24) is 10.0 Å². The predicted octanol–water partition coefficient (Wildman–Crippen LogP) is 1.68. The molecule has 2 amide bonds. The van der Waals surface area contributed by atoms with Crippen molar-refractivity contribution in [2.45, 2.75) is 11.6 Å². The molecule has 4 rings (SSSR count). The first kappa shape index (κ1) is 19.5. The lowest BCUT2D eigenvalue weighted by atomic mass is 10.0. The number of hydrogen-bond acceptors (Lipinski definition) is 7. The number of imide groups is 1. The molecule has 30 heavy (non-hydrogen) atoms. The minimum absolute atomic E-state index is 0.198. The second-order valence-electron chi connectivity index (χ2n) is 6.78. The zero-order chi connectivity index (χ0) is 21.5. The zero-order valence-electron chi connectivity index (χ0n) is 16.3. The van der Waals surface area contributed by atoms with Crippen LogP contribution in [-0.4, -0.2) is 59.6 Å². The minimum atomic E-state index is -1.97. The van der Waals surface area contributed by atoms with E-state index in [0.29, 0.717) is 0 Å². The van der Waals surface area contributed by atoms with E-state index < -0.39 is 35.3 Å². The maximum atomic E-state index is 13.0. The highest BCUT2D eigenvalue weighted by molar-refractivity contribution is 6.22. The highest BCUT2D eigenvalue weighted by atomic mass is 16.6. The third-order valence-corrected chi connectivity index (χ3v) is 5.24. The molecule has 0 N–H and O–H groups in total. The Labute approximate surface area is 172 Å². The number of fused-ring (bicyclic) bond motifs is 1. The highest BCUT2D eigenvalue weighted by Crippen LogP contribution is 2.48. The SMILES string of the molecule is COC(=O)C1(C(=O)OC)C(C=Cc2ccccc2)N1N1C(=O)c2ccccc2C1=O. The third-order valence-electron chi connectivity index (χ3n) is 5.24. The van der Waals surface area contributed by atoms with Crippen molar-refractivity contribution in [3.8, 4) is 0 Å². The van der Waals surface area contributed by atoms with Crippen molar-refractivity contribution in [3.63, 3.8) is 0 Å². The first-order valence-electron chi connectivity index (χ1n) is 9.15. The van der Waals surface area contributed by atoms with Crippen LogP contribution in [0, 0.1) is 0 Å². The van der Waals surface area contributed by atoms with Crippen LogP contribution >= 0.6 is 0 Å². The molecule has 2 aliphatic rings. The van der Waals surface area contributed by atoms with Crippen molar-refractivity contribution < 1.29 is 28.7 Å². The Bertz CT molecular complexity index is 1030. The van der Waals surface area contributed by atoms with E-state index in [1.165, 1.54) is 12.1 Å². The Morgan fingerprint density at radius 2 is 1.37 bits per heavy atom. The van der Waals surface area contributed by atoms with Crippen molar-refractivity contribution in [3.05, 3.63) is 77.4 Å². The molecule has 1 fully saturated rings. The van der Waals surface area contributed by atoms with Gasteiger partial charge >= 0.3 is 11.9 Å². The summed E-state index contributed by atoms with van der Waals surface area (Å²) >= 11 is 0. The summed E-state index contributed by atoms with van der Waals surface area (Å²) in [7, 11) is 2.26. The van der Waals surface area contributed by atoms with Crippen LogP contribution in [0.2, 0.25) is 0 Å². The average Bonchev–Trinajstić information content (AvgIpc) is 3.38. The van der Waals surface area contributed by atoms with Gasteiger partial charge in [0.25, 0.3) is 17.4 Å². The summed E-state index contributed by atoms with van der Waals surface area (Å²) in [6.45, 7) is 0. The summed E-state index contributed by atoms with van der Waals surface area (Å²) in [5.74, 6) is -3.09. The van der Waals surface area contributed by atoms with Gasteiger partial charge < -0.3 is 9.47 Å². The van der Waals surface area contributed by atoms with Crippen molar-refractivity contribution >= 4 is 29.8 Å². The number of amides is 2. The van der Waals surface area contributed by atoms with E-state index in [0.717, 1.165) is 29.8 Å². The first-order chi connectivity index (χ1) is 14.5. The van der Waals surface area contributed by atoms with Crippen LogP contribution < -0.4 is 0 Å². The summed E-state index contributed by atoms with van der Waals surface area (Å²) in [4.78, 5) is 51.4. The van der Waals surface area contributed by atoms with E-state index in [9.17, 15) is 19.2 Å². The van der Waals surface area contributed by atoms with E-state index in [1.807, 2.05) is 30.3 Å². The first-order valence-corrected chi connectivity index (χ1v) is 9.15. The predicted molar refractivity (Wildman–Crippen MR) is 105 cm³/mol. The number of rotatable bonds is 5. The number of carbonyl (C=O) groups excluding carboxylic acids is 4. The lowest BCUT2D eigenvalue weighted by Gasteiger charge is -2.19. The quantitative estimate of drug-likeness (QED) is 0.323. The fourth-order valence-electron chi connectivity index (χ4n) is 3.76. The number of carbonyl (C=O) groups is 4. The van der Waals surface area contributed by atoms with E-state index in [-0.39, 0.29) is 11.1 Å². The molecule has 0 bridgehead atoms. The van der Waals surface area contributed by atoms with Gasteiger partial charge in [-0.05, 0) is 17.7 Å². The van der Waals surface area contributed by atoms with E-state index in [2.05, 4.69) is 0 Å². The Hall–Kier alpha value is -3.78. The molecule has 0 spiro atoms. The summed E-state index contributed by atoms with van der Waals surface area (Å²) in [5, 5.41) is 1.94. The fraction of sp³-hybridized carbons (Fsp3) is 0.182. The molecule has 2 aromatic rings. The lowest BCUT2D eigenvalue weighted by Crippen LogP contribution is -2.47. The van der Waals surface area contributed by atoms with Crippen molar-refractivity contribution in [1.29, 1.82) is 0 Å². The molecule has 0 saturated carbocycles. The Morgan fingerprint density at radius 3 is 1.87 bits per heavy atom. The van der Waals surface area contributed by atoms with Gasteiger partial charge in [0.1, 0.15) is 0 Å². The number of hydrogen-bond donors (Lipinski definition) is 0. The Balaban J connectivity index is 1.78. The maximum absolute atomic E-state index is 13.0. The maximum Gasteiger partial charge on any atom is 0.342 e. The van der Waals surface area contributed by atoms with Crippen LogP contribution in [0.3, 0.4) is 0 Å². The standard InChI is InChI=1S/C22H18N2O6/c1-29-20(27)22(21(28)30-2)17(13-12-14-8-4-3-5-9-14)24(22)23-18(25)15-10-6-7-11-16(15)19(23)26/h3-13,17H,1-2H3. The van der Waals surface area contributed by atoms with Crippen LogP contribution in [0.15, 0.2) is 60.7 Å². The lowest BCUT2D eigenvalue weighted by molar-refractivity contribution is -0.159. The summed E-state index contributed by atoms with van der Waals surface area (Å²) in [5.41, 5.74) is -0.759. The molecule has 2 unspecified atom stereocenters. The molecule has 2 aliphatic heterocycles. The molecule has 2 atom stereocenters. The van der Waals surface area contributed by atoms with E-state index >= 15 is 0 Å². The monoisotopic (exact) mass is 406 g/mol. The number of ether oxygens (including phenoxy) is 2. The molecule has 2 aromatic carbocycles.